The number of carbonyl (C=O) groups is 1. The van der Waals surface area contributed by atoms with Crippen LogP contribution in [0.25, 0.3) is 22.4 Å². The van der Waals surface area contributed by atoms with Crippen LogP contribution in [0.3, 0.4) is 0 Å². The number of anilines is 2. The summed E-state index contributed by atoms with van der Waals surface area (Å²) in [4.78, 5) is 27.9. The Bertz CT molecular complexity index is 1370. The monoisotopic (exact) mass is 475 g/mol. The Morgan fingerprint density at radius 1 is 1.14 bits per heavy atom. The molecule has 2 unspecified atom stereocenters. The molecule has 11 nitrogen and oxygen atoms in total. The zero-order chi connectivity index (χ0) is 24.5. The molecule has 0 saturated carbocycles. The lowest BCUT2D eigenvalue weighted by Gasteiger charge is -2.27. The van der Waals surface area contributed by atoms with Crippen molar-refractivity contribution in [3.05, 3.63) is 48.9 Å². The molecule has 1 saturated heterocycles. The molecule has 4 heterocycles. The number of rotatable bonds is 7. The van der Waals surface area contributed by atoms with Gasteiger partial charge in [0.1, 0.15) is 28.9 Å². The van der Waals surface area contributed by atoms with Crippen molar-refractivity contribution in [3.8, 4) is 22.8 Å². The molecule has 0 spiro atoms. The first-order valence-corrected chi connectivity index (χ1v) is 11.1. The first-order chi connectivity index (χ1) is 16.9. The van der Waals surface area contributed by atoms with Crippen molar-refractivity contribution in [1.29, 1.82) is 0 Å². The highest BCUT2D eigenvalue weighted by Crippen LogP contribution is 2.33. The summed E-state index contributed by atoms with van der Waals surface area (Å²) in [5.74, 6) is 1.44. The summed E-state index contributed by atoms with van der Waals surface area (Å²) in [5.41, 5.74) is 3.37. The Balaban J connectivity index is 1.58. The van der Waals surface area contributed by atoms with E-state index in [-0.39, 0.29) is 11.9 Å². The lowest BCUT2D eigenvalue weighted by atomic mass is 10.1. The Morgan fingerprint density at radius 2 is 1.91 bits per heavy atom. The van der Waals surface area contributed by atoms with Crippen LogP contribution in [0.2, 0.25) is 0 Å². The highest BCUT2D eigenvalue weighted by Gasteiger charge is 2.32. The van der Waals surface area contributed by atoms with Gasteiger partial charge < -0.3 is 24.8 Å². The molecular weight excluding hydrogens is 450 g/mol. The molecule has 5 rings (SSSR count). The molecule has 2 N–H and O–H groups in total. The fourth-order valence-electron chi connectivity index (χ4n) is 4.08. The van der Waals surface area contributed by atoms with Crippen LogP contribution in [0.5, 0.6) is 11.5 Å². The first kappa shape index (κ1) is 22.5. The normalized spacial score (nSPS) is 17.4. The second-order valence-corrected chi connectivity index (χ2v) is 8.31. The van der Waals surface area contributed by atoms with Gasteiger partial charge in [-0.15, -0.1) is 0 Å². The molecule has 35 heavy (non-hydrogen) atoms. The topological polar surface area (TPSA) is 128 Å². The van der Waals surface area contributed by atoms with E-state index in [1.165, 1.54) is 0 Å². The van der Waals surface area contributed by atoms with Crippen molar-refractivity contribution in [2.45, 2.75) is 18.6 Å². The predicted octanol–water partition coefficient (Wildman–Crippen LogP) is 1.83. The zero-order valence-electron chi connectivity index (χ0n) is 19.5. The fraction of sp³-hybridized carbons (Fsp3) is 0.292. The Kier molecular flexibility index (Phi) is 5.91. The van der Waals surface area contributed by atoms with Crippen LogP contribution in [-0.2, 0) is 11.8 Å². The van der Waals surface area contributed by atoms with Crippen LogP contribution < -0.4 is 19.7 Å². The highest BCUT2D eigenvalue weighted by molar-refractivity contribution is 5.83. The largest absolute Gasteiger partial charge is 0.497 e. The van der Waals surface area contributed by atoms with Gasteiger partial charge in [-0.3, -0.25) is 14.5 Å². The molecule has 2 atom stereocenters. The van der Waals surface area contributed by atoms with Crippen LogP contribution in [0.1, 0.15) is 6.42 Å². The Morgan fingerprint density at radius 3 is 2.54 bits per heavy atom. The molecule has 3 aromatic heterocycles. The van der Waals surface area contributed by atoms with E-state index in [1.807, 2.05) is 42.4 Å². The molecular formula is C24H25N7O4. The number of ether oxygens (including phenoxy) is 2. The van der Waals surface area contributed by atoms with Gasteiger partial charge in [-0.25, -0.2) is 9.97 Å². The van der Waals surface area contributed by atoms with E-state index in [1.54, 1.807) is 37.4 Å². The number of pyridine rings is 1. The number of hydrogen-bond acceptors (Lipinski definition) is 9. The van der Waals surface area contributed by atoms with E-state index in [0.717, 1.165) is 11.3 Å². The minimum Gasteiger partial charge on any atom is -0.497 e. The number of hydrogen-bond donors (Lipinski definition) is 2. The number of nitrogens with one attached hydrogen (secondary N) is 1. The third-order valence-electron chi connectivity index (χ3n) is 5.88. The number of aliphatic hydroxyl groups is 1. The maximum atomic E-state index is 11.9. The van der Waals surface area contributed by atoms with Crippen molar-refractivity contribution < 1.29 is 19.4 Å². The predicted molar refractivity (Wildman–Crippen MR) is 129 cm³/mol. The molecule has 0 aliphatic carbocycles. The van der Waals surface area contributed by atoms with Crippen LogP contribution in [0.15, 0.2) is 48.9 Å². The summed E-state index contributed by atoms with van der Waals surface area (Å²) < 4.78 is 12.6. The molecule has 0 bridgehead atoms. The average Bonchev–Trinajstić information content (AvgIpc) is 3.45. The van der Waals surface area contributed by atoms with Crippen molar-refractivity contribution in [2.75, 3.05) is 25.7 Å². The molecule has 1 aromatic carbocycles. The molecule has 0 radical (unpaired) electrons. The molecule has 1 aliphatic heterocycles. The second kappa shape index (κ2) is 9.18. The minimum atomic E-state index is -1.03. The van der Waals surface area contributed by atoms with Crippen LogP contribution in [0, 0.1) is 0 Å². The third-order valence-corrected chi connectivity index (χ3v) is 5.88. The summed E-state index contributed by atoms with van der Waals surface area (Å²) in [6, 6.07) is 8.92. The number of amides is 1. The number of carbonyl (C=O) groups excluding carboxylic acids is 1. The number of benzene rings is 1. The number of aromatic nitrogens is 5. The van der Waals surface area contributed by atoms with E-state index in [4.69, 9.17) is 19.4 Å². The SMILES string of the molecule is COc1cc(OC)cc(N(CC2CC(O)C(=O)N2)c2ccc3ncc(-c4cnn(C)c4)nc3n2)c1. The summed E-state index contributed by atoms with van der Waals surface area (Å²) >= 11 is 0. The molecule has 1 fully saturated rings. The van der Waals surface area contributed by atoms with Gasteiger partial charge in [-0.1, -0.05) is 0 Å². The zero-order valence-corrected chi connectivity index (χ0v) is 19.5. The van der Waals surface area contributed by atoms with E-state index in [9.17, 15) is 9.90 Å². The lowest BCUT2D eigenvalue weighted by Crippen LogP contribution is -2.37. The average molecular weight is 476 g/mol. The van der Waals surface area contributed by atoms with Gasteiger partial charge in [0.2, 0.25) is 5.91 Å². The molecule has 11 heteroatoms. The standard InChI is InChI=1S/C24H25N7O4/c1-30-12-14(10-26-30)20-11-25-19-4-5-22(29-23(19)28-20)31(13-15-6-21(32)24(33)27-15)16-7-17(34-2)9-18(8-16)35-3/h4-5,7-12,15,21,32H,6,13H2,1-3H3,(H,27,33). The third kappa shape index (κ3) is 4.58. The van der Waals surface area contributed by atoms with Gasteiger partial charge in [-0.2, -0.15) is 5.10 Å². The Hall–Kier alpha value is -4.25. The fourth-order valence-corrected chi connectivity index (χ4v) is 4.08. The first-order valence-electron chi connectivity index (χ1n) is 11.1. The van der Waals surface area contributed by atoms with E-state index < -0.39 is 6.10 Å². The van der Waals surface area contributed by atoms with Crippen LogP contribution >= 0.6 is 0 Å². The van der Waals surface area contributed by atoms with Crippen molar-refractivity contribution in [3.63, 3.8) is 0 Å². The van der Waals surface area contributed by atoms with Gasteiger partial charge in [-0.05, 0) is 12.1 Å². The van der Waals surface area contributed by atoms with Crippen molar-refractivity contribution in [1.82, 2.24) is 30.0 Å². The summed E-state index contributed by atoms with van der Waals surface area (Å²) in [6.45, 7) is 0.368. The highest BCUT2D eigenvalue weighted by atomic mass is 16.5. The summed E-state index contributed by atoms with van der Waals surface area (Å²) in [6.07, 6.45) is 4.56. The van der Waals surface area contributed by atoms with Gasteiger partial charge in [0.05, 0.1) is 32.3 Å². The van der Waals surface area contributed by atoms with Gasteiger partial charge in [0.15, 0.2) is 5.65 Å². The van der Waals surface area contributed by atoms with E-state index in [0.29, 0.717) is 47.1 Å². The second-order valence-electron chi connectivity index (χ2n) is 8.31. The molecule has 4 aromatic rings. The van der Waals surface area contributed by atoms with Crippen molar-refractivity contribution >= 4 is 28.6 Å². The number of aryl methyl sites for hydroxylation is 1. The van der Waals surface area contributed by atoms with Crippen LogP contribution in [0.4, 0.5) is 11.5 Å². The number of methoxy groups -OCH3 is 2. The lowest BCUT2D eigenvalue weighted by molar-refractivity contribution is -0.126. The van der Waals surface area contributed by atoms with Crippen molar-refractivity contribution in [2.24, 2.45) is 7.05 Å². The molecule has 1 amide bonds. The van der Waals surface area contributed by atoms with E-state index in [2.05, 4.69) is 15.4 Å². The van der Waals surface area contributed by atoms with Gasteiger partial charge in [0.25, 0.3) is 0 Å². The van der Waals surface area contributed by atoms with Gasteiger partial charge >= 0.3 is 0 Å². The van der Waals surface area contributed by atoms with Gasteiger partial charge in [0, 0.05) is 61.7 Å². The summed E-state index contributed by atoms with van der Waals surface area (Å²) in [5, 5.41) is 17.0. The number of fused-ring (bicyclic) bond motifs is 1. The quantitative estimate of drug-likeness (QED) is 0.411. The minimum absolute atomic E-state index is 0.278. The smallest absolute Gasteiger partial charge is 0.249 e. The maximum absolute atomic E-state index is 11.9. The van der Waals surface area contributed by atoms with E-state index >= 15 is 0 Å². The number of aliphatic hydroxyl groups excluding tert-OH is 1. The Labute approximate surface area is 201 Å². The maximum Gasteiger partial charge on any atom is 0.249 e. The number of nitrogens with zero attached hydrogens (tertiary/aromatic N) is 6. The summed E-state index contributed by atoms with van der Waals surface area (Å²) in [7, 11) is 5.01. The molecule has 1 aliphatic rings. The van der Waals surface area contributed by atoms with Crippen LogP contribution in [-0.4, -0.2) is 68.7 Å². The molecule has 180 valence electrons.